The number of halogens is 3. The van der Waals surface area contributed by atoms with Gasteiger partial charge in [0, 0.05) is 6.54 Å². The Labute approximate surface area is 256 Å². The molecule has 0 spiro atoms. The Hall–Kier alpha value is -3.45. The molecule has 1 aromatic carbocycles. The first kappa shape index (κ1) is 35.0. The fraction of sp³-hybridized carbons (Fsp3) is 0.613. The maximum absolute atomic E-state index is 13.2. The van der Waals surface area contributed by atoms with Crippen LogP contribution < -0.4 is 21.4 Å². The molecule has 0 saturated carbocycles. The van der Waals surface area contributed by atoms with Crippen LogP contribution in [-0.4, -0.2) is 72.2 Å². The summed E-state index contributed by atoms with van der Waals surface area (Å²) >= 11 is 0. The molecule has 1 unspecified atom stereocenters. The lowest BCUT2D eigenvalue weighted by Gasteiger charge is -2.35. The molecule has 1 aromatic rings. The third-order valence-electron chi connectivity index (χ3n) is 7.87. The first-order chi connectivity index (χ1) is 20.7. The zero-order chi connectivity index (χ0) is 32.6. The number of hydrogen-bond acceptors (Lipinski definition) is 6. The van der Waals surface area contributed by atoms with Crippen LogP contribution in [0.25, 0.3) is 6.08 Å². The molecule has 1 fully saturated rings. The highest BCUT2D eigenvalue weighted by molar-refractivity contribution is 5.92. The lowest BCUT2D eigenvalue weighted by atomic mass is 9.96. The molecule has 44 heavy (non-hydrogen) atoms. The SMILES string of the molecule is CC(C)[C@@H]1NC(=O)[C@H](C)C(OCC(F)(F)F)CC/C=C/c2cccc(c2)[C@@H](C)NC(=O)[C@@H]2CCCN(N2)C(=O)[C@H](C)NC1=O. The number of hydrogen-bond donors (Lipinski definition) is 4. The highest BCUT2D eigenvalue weighted by atomic mass is 19.4. The van der Waals surface area contributed by atoms with E-state index in [1.807, 2.05) is 37.3 Å². The lowest BCUT2D eigenvalue weighted by molar-refractivity contribution is -0.191. The monoisotopic (exact) mass is 623 g/mol. The first-order valence-electron chi connectivity index (χ1n) is 15.1. The number of nitrogens with one attached hydrogen (secondary N) is 4. The summed E-state index contributed by atoms with van der Waals surface area (Å²) in [5.41, 5.74) is 4.66. The molecule has 4 N–H and O–H groups in total. The van der Waals surface area contributed by atoms with E-state index in [9.17, 15) is 32.3 Å². The zero-order valence-corrected chi connectivity index (χ0v) is 25.9. The highest BCUT2D eigenvalue weighted by Crippen LogP contribution is 2.22. The van der Waals surface area contributed by atoms with Crippen molar-refractivity contribution in [3.05, 3.63) is 41.5 Å². The molecule has 0 radical (unpaired) electrons. The Morgan fingerprint density at radius 2 is 1.66 bits per heavy atom. The second-order valence-electron chi connectivity index (χ2n) is 11.9. The Morgan fingerprint density at radius 1 is 0.955 bits per heavy atom. The van der Waals surface area contributed by atoms with Gasteiger partial charge in [-0.2, -0.15) is 13.2 Å². The first-order valence-corrected chi connectivity index (χ1v) is 15.1. The molecule has 4 bridgehead atoms. The average Bonchev–Trinajstić information content (AvgIpc) is 2.97. The van der Waals surface area contributed by atoms with Gasteiger partial charge in [0.05, 0.1) is 18.1 Å². The van der Waals surface area contributed by atoms with Crippen LogP contribution in [-0.2, 0) is 23.9 Å². The Kier molecular flexibility index (Phi) is 12.4. The summed E-state index contributed by atoms with van der Waals surface area (Å²) in [6.45, 7) is 7.08. The van der Waals surface area contributed by atoms with Gasteiger partial charge >= 0.3 is 6.18 Å². The minimum absolute atomic E-state index is 0.127. The van der Waals surface area contributed by atoms with Gasteiger partial charge in [0.1, 0.15) is 24.7 Å². The smallest absolute Gasteiger partial charge is 0.368 e. The summed E-state index contributed by atoms with van der Waals surface area (Å²) < 4.78 is 44.3. The molecule has 13 heteroatoms. The van der Waals surface area contributed by atoms with Gasteiger partial charge in [-0.15, -0.1) is 0 Å². The number of allylic oxidation sites excluding steroid dienone is 1. The van der Waals surface area contributed by atoms with Gasteiger partial charge in [0.25, 0.3) is 5.91 Å². The van der Waals surface area contributed by atoms with Crippen molar-refractivity contribution in [3.63, 3.8) is 0 Å². The number of nitrogens with zero attached hydrogens (tertiary/aromatic N) is 1. The highest BCUT2D eigenvalue weighted by Gasteiger charge is 2.36. The number of benzene rings is 1. The van der Waals surface area contributed by atoms with Crippen molar-refractivity contribution < 1.29 is 37.1 Å². The van der Waals surface area contributed by atoms with Crippen molar-refractivity contribution >= 4 is 29.7 Å². The number of carbonyl (C=O) groups is 4. The van der Waals surface area contributed by atoms with Crippen molar-refractivity contribution in [2.45, 2.75) is 96.7 Å². The van der Waals surface area contributed by atoms with Gasteiger partial charge in [-0.25, -0.2) is 5.43 Å². The predicted octanol–water partition coefficient (Wildman–Crippen LogP) is 3.40. The van der Waals surface area contributed by atoms with Gasteiger partial charge < -0.3 is 20.7 Å². The van der Waals surface area contributed by atoms with E-state index < -0.39 is 66.6 Å². The van der Waals surface area contributed by atoms with Crippen molar-refractivity contribution in [2.24, 2.45) is 11.8 Å². The third kappa shape index (κ3) is 10.0. The molecule has 1 saturated heterocycles. The van der Waals surface area contributed by atoms with Crippen LogP contribution >= 0.6 is 0 Å². The van der Waals surface area contributed by atoms with E-state index in [1.165, 1.54) is 18.9 Å². The number of alkyl halides is 3. The quantitative estimate of drug-likeness (QED) is 0.409. The molecule has 0 aromatic heterocycles. The molecule has 3 rings (SSSR count). The van der Waals surface area contributed by atoms with Crippen LogP contribution in [0.1, 0.15) is 77.5 Å². The number of ether oxygens (including phenoxy) is 1. The van der Waals surface area contributed by atoms with Crippen LogP contribution in [0.5, 0.6) is 0 Å². The van der Waals surface area contributed by atoms with Crippen molar-refractivity contribution in [1.29, 1.82) is 0 Å². The van der Waals surface area contributed by atoms with Crippen LogP contribution in [0.4, 0.5) is 13.2 Å². The van der Waals surface area contributed by atoms with E-state index in [4.69, 9.17) is 4.74 Å². The summed E-state index contributed by atoms with van der Waals surface area (Å²) in [4.78, 5) is 52.8. The van der Waals surface area contributed by atoms with Crippen LogP contribution in [0.3, 0.4) is 0 Å². The number of carbonyl (C=O) groups excluding carboxylic acids is 4. The van der Waals surface area contributed by atoms with E-state index in [2.05, 4.69) is 21.4 Å². The lowest BCUT2D eigenvalue weighted by Crippen LogP contribution is -2.62. The van der Waals surface area contributed by atoms with Crippen molar-refractivity contribution in [2.75, 3.05) is 13.2 Å². The van der Waals surface area contributed by atoms with Gasteiger partial charge in [0.15, 0.2) is 0 Å². The number of hydrazine groups is 1. The normalized spacial score (nSPS) is 29.2. The molecule has 244 valence electrons. The number of fused-ring (bicyclic) bond motifs is 4. The molecule has 0 aliphatic carbocycles. The summed E-state index contributed by atoms with van der Waals surface area (Å²) in [7, 11) is 0. The van der Waals surface area contributed by atoms with Crippen LogP contribution in [0.2, 0.25) is 0 Å². The molecular formula is C31H44F3N5O5. The molecule has 10 nitrogen and oxygen atoms in total. The van der Waals surface area contributed by atoms with E-state index in [-0.39, 0.29) is 18.4 Å². The van der Waals surface area contributed by atoms with E-state index in [0.717, 1.165) is 11.1 Å². The maximum atomic E-state index is 13.2. The summed E-state index contributed by atoms with van der Waals surface area (Å²) in [6.07, 6.45) is -0.475. The zero-order valence-electron chi connectivity index (χ0n) is 25.9. The second kappa shape index (κ2) is 15.5. The molecular weight excluding hydrogens is 579 g/mol. The van der Waals surface area contributed by atoms with Crippen molar-refractivity contribution in [1.82, 2.24) is 26.4 Å². The number of amides is 4. The fourth-order valence-electron chi connectivity index (χ4n) is 5.21. The van der Waals surface area contributed by atoms with Crippen LogP contribution in [0, 0.1) is 11.8 Å². The number of rotatable bonds is 3. The van der Waals surface area contributed by atoms with Gasteiger partial charge in [-0.05, 0) is 62.6 Å². The van der Waals surface area contributed by atoms with E-state index >= 15 is 0 Å². The molecule has 2 aliphatic heterocycles. The standard InChI is InChI=1S/C31H44F3N5O5/c1-18(2)26-29(42)36-21(5)30(43)39-15-9-13-24(38-39)28(41)35-20(4)23-12-8-11-22(16-23)10-6-7-14-25(19(3)27(40)37-26)44-17-31(32,33)34/h6,8,10-12,16,18-21,24-26,38H,7,9,13-15,17H2,1-5H3,(H,35,41)(H,36,42)(H,37,40)/b10-6+/t19-,20-,21+,24+,25?,26+/m1/s1. The molecule has 2 aliphatic rings. The topological polar surface area (TPSA) is 129 Å². The summed E-state index contributed by atoms with van der Waals surface area (Å²) in [5.74, 6) is -3.36. The Morgan fingerprint density at radius 3 is 2.34 bits per heavy atom. The Balaban J connectivity index is 1.90. The molecule has 6 atom stereocenters. The minimum atomic E-state index is -4.58. The molecule has 2 heterocycles. The maximum Gasteiger partial charge on any atom is 0.411 e. The Bertz CT molecular complexity index is 1210. The fourth-order valence-corrected chi connectivity index (χ4v) is 5.21. The van der Waals surface area contributed by atoms with Crippen molar-refractivity contribution in [3.8, 4) is 0 Å². The van der Waals surface area contributed by atoms with E-state index in [0.29, 0.717) is 25.8 Å². The average molecular weight is 624 g/mol. The second-order valence-corrected chi connectivity index (χ2v) is 11.9. The molecule has 4 amide bonds. The predicted molar refractivity (Wildman–Crippen MR) is 158 cm³/mol. The van der Waals surface area contributed by atoms with Gasteiger partial charge in [-0.1, -0.05) is 51.1 Å². The largest absolute Gasteiger partial charge is 0.411 e. The summed E-state index contributed by atoms with van der Waals surface area (Å²) in [6, 6.07) is 4.47. The van der Waals surface area contributed by atoms with Crippen LogP contribution in [0.15, 0.2) is 30.3 Å². The third-order valence-corrected chi connectivity index (χ3v) is 7.87. The summed E-state index contributed by atoms with van der Waals surface area (Å²) in [5, 5.41) is 9.61. The van der Waals surface area contributed by atoms with Gasteiger partial charge in [0.2, 0.25) is 17.7 Å². The van der Waals surface area contributed by atoms with E-state index in [1.54, 1.807) is 19.9 Å². The minimum Gasteiger partial charge on any atom is -0.368 e. The van der Waals surface area contributed by atoms with Gasteiger partial charge in [-0.3, -0.25) is 24.2 Å².